The molecule has 0 radical (unpaired) electrons. The van der Waals surface area contributed by atoms with Crippen LogP contribution in [-0.2, 0) is 4.79 Å². The van der Waals surface area contributed by atoms with Crippen molar-refractivity contribution in [2.45, 2.75) is 45.1 Å². The summed E-state index contributed by atoms with van der Waals surface area (Å²) in [5.74, 6) is 0.730. The lowest BCUT2D eigenvalue weighted by atomic mass is 9.95. The topological polar surface area (TPSA) is 62.7 Å². The number of carbonyl (C=O) groups is 1. The summed E-state index contributed by atoms with van der Waals surface area (Å²) in [5.41, 5.74) is 3.47. The van der Waals surface area contributed by atoms with Crippen LogP contribution in [0.5, 0.6) is 5.75 Å². The fraction of sp³-hybridized carbons (Fsp3) is 0.529. The van der Waals surface area contributed by atoms with Crippen LogP contribution in [0.4, 0.5) is 0 Å². The molecule has 5 nitrogen and oxygen atoms in total. The number of hydrogen-bond donors (Lipinski definition) is 2. The maximum Gasteiger partial charge on any atom is 0.254 e. The molecule has 1 aromatic rings. The second-order valence-electron chi connectivity index (χ2n) is 5.51. The molecule has 1 aliphatic carbocycles. The van der Waals surface area contributed by atoms with E-state index in [0.717, 1.165) is 11.3 Å². The predicted molar refractivity (Wildman–Crippen MR) is 88.2 cm³/mol. The largest absolute Gasteiger partial charge is 0.494 e. The zero-order chi connectivity index (χ0) is 15.6. The number of ether oxygens (including phenoxy) is 1. The van der Waals surface area contributed by atoms with Crippen LogP contribution >= 0.6 is 0 Å². The van der Waals surface area contributed by atoms with Gasteiger partial charge in [0.25, 0.3) is 5.91 Å². The van der Waals surface area contributed by atoms with E-state index >= 15 is 0 Å². The minimum Gasteiger partial charge on any atom is -0.494 e. The summed E-state index contributed by atoms with van der Waals surface area (Å²) < 4.78 is 5.37. The molecule has 120 valence electrons. The number of rotatable bonds is 7. The van der Waals surface area contributed by atoms with Gasteiger partial charge in [-0.3, -0.25) is 4.79 Å². The van der Waals surface area contributed by atoms with Crippen LogP contribution in [-0.4, -0.2) is 31.3 Å². The Bertz CT molecular complexity index is 479. The number of carbonyl (C=O) groups excluding carboxylic acids is 1. The van der Waals surface area contributed by atoms with Gasteiger partial charge in [0.15, 0.2) is 0 Å². The molecule has 2 N–H and O–H groups in total. The van der Waals surface area contributed by atoms with Crippen molar-refractivity contribution in [2.75, 3.05) is 13.2 Å². The third-order valence-corrected chi connectivity index (χ3v) is 3.75. The third-order valence-electron chi connectivity index (χ3n) is 3.75. The number of benzene rings is 1. The minimum absolute atomic E-state index is 0.104. The lowest BCUT2D eigenvalue weighted by Gasteiger charge is -2.22. The van der Waals surface area contributed by atoms with Crippen LogP contribution in [0.3, 0.4) is 0 Å². The van der Waals surface area contributed by atoms with Gasteiger partial charge in [-0.15, -0.1) is 0 Å². The van der Waals surface area contributed by atoms with Gasteiger partial charge in [-0.2, -0.15) is 5.10 Å². The highest BCUT2D eigenvalue weighted by atomic mass is 16.5. The van der Waals surface area contributed by atoms with E-state index in [0.29, 0.717) is 19.2 Å². The Morgan fingerprint density at radius 3 is 2.68 bits per heavy atom. The first-order valence-electron chi connectivity index (χ1n) is 8.06. The van der Waals surface area contributed by atoms with Gasteiger partial charge in [-0.05, 0) is 49.6 Å². The summed E-state index contributed by atoms with van der Waals surface area (Å²) in [4.78, 5) is 11.7. The highest BCUT2D eigenvalue weighted by Gasteiger charge is 2.13. The van der Waals surface area contributed by atoms with E-state index in [1.807, 2.05) is 31.2 Å². The molecule has 1 fully saturated rings. The maximum absolute atomic E-state index is 11.7. The SMILES string of the molecule is CCOc1ccc(/C=N\NC(=O)CNC2CCCCC2)cc1. The maximum atomic E-state index is 11.7. The molecule has 0 bridgehead atoms. The van der Waals surface area contributed by atoms with E-state index in [2.05, 4.69) is 15.8 Å². The van der Waals surface area contributed by atoms with Crippen molar-refractivity contribution in [2.24, 2.45) is 5.10 Å². The number of hydrazone groups is 1. The Labute approximate surface area is 132 Å². The summed E-state index contributed by atoms with van der Waals surface area (Å²) in [6.07, 6.45) is 7.81. The third kappa shape index (κ3) is 5.85. The van der Waals surface area contributed by atoms with Gasteiger partial charge < -0.3 is 10.1 Å². The zero-order valence-corrected chi connectivity index (χ0v) is 13.2. The minimum atomic E-state index is -0.104. The van der Waals surface area contributed by atoms with Crippen molar-refractivity contribution < 1.29 is 9.53 Å². The number of amides is 1. The van der Waals surface area contributed by atoms with E-state index in [1.54, 1.807) is 6.21 Å². The Morgan fingerprint density at radius 2 is 2.00 bits per heavy atom. The molecule has 0 saturated heterocycles. The Hall–Kier alpha value is -1.88. The van der Waals surface area contributed by atoms with Crippen molar-refractivity contribution in [3.05, 3.63) is 29.8 Å². The first kappa shape index (κ1) is 16.5. The lowest BCUT2D eigenvalue weighted by Crippen LogP contribution is -2.38. The highest BCUT2D eigenvalue weighted by Crippen LogP contribution is 2.16. The average molecular weight is 303 g/mol. The summed E-state index contributed by atoms with van der Waals surface area (Å²) >= 11 is 0. The Morgan fingerprint density at radius 1 is 1.27 bits per heavy atom. The Balaban J connectivity index is 1.68. The van der Waals surface area contributed by atoms with E-state index in [1.165, 1.54) is 32.1 Å². The summed E-state index contributed by atoms with van der Waals surface area (Å²) in [5, 5.41) is 7.26. The van der Waals surface area contributed by atoms with Crippen molar-refractivity contribution in [3.63, 3.8) is 0 Å². The normalized spacial score (nSPS) is 15.9. The molecule has 1 amide bonds. The number of hydrogen-bond acceptors (Lipinski definition) is 4. The smallest absolute Gasteiger partial charge is 0.254 e. The van der Waals surface area contributed by atoms with Gasteiger partial charge in [0, 0.05) is 6.04 Å². The molecule has 1 saturated carbocycles. The van der Waals surface area contributed by atoms with Crippen LogP contribution in [0, 0.1) is 0 Å². The molecule has 0 atom stereocenters. The van der Waals surface area contributed by atoms with Crippen LogP contribution in [0.1, 0.15) is 44.6 Å². The molecule has 0 aromatic heterocycles. The molecular weight excluding hydrogens is 278 g/mol. The molecule has 22 heavy (non-hydrogen) atoms. The number of nitrogens with zero attached hydrogens (tertiary/aromatic N) is 1. The van der Waals surface area contributed by atoms with Gasteiger partial charge in [0.05, 0.1) is 19.4 Å². The van der Waals surface area contributed by atoms with Gasteiger partial charge in [-0.1, -0.05) is 19.3 Å². The van der Waals surface area contributed by atoms with Gasteiger partial charge >= 0.3 is 0 Å². The van der Waals surface area contributed by atoms with Gasteiger partial charge in [0.1, 0.15) is 5.75 Å². The standard InChI is InChI=1S/C17H25N3O2/c1-2-22-16-10-8-14(9-11-16)12-19-20-17(21)13-18-15-6-4-3-5-7-15/h8-12,15,18H,2-7,13H2,1H3,(H,20,21)/b19-12-. The molecule has 5 heteroatoms. The lowest BCUT2D eigenvalue weighted by molar-refractivity contribution is -0.120. The van der Waals surface area contributed by atoms with Crippen LogP contribution in [0.25, 0.3) is 0 Å². The van der Waals surface area contributed by atoms with E-state index in [9.17, 15) is 4.79 Å². The molecule has 1 aliphatic rings. The molecule has 0 aliphatic heterocycles. The van der Waals surface area contributed by atoms with Crippen molar-refractivity contribution in [1.29, 1.82) is 0 Å². The summed E-state index contributed by atoms with van der Waals surface area (Å²) in [6.45, 7) is 2.93. The van der Waals surface area contributed by atoms with Crippen LogP contribution in [0.2, 0.25) is 0 Å². The molecule has 0 heterocycles. The molecule has 0 unspecified atom stereocenters. The van der Waals surface area contributed by atoms with Crippen molar-refractivity contribution >= 4 is 12.1 Å². The predicted octanol–water partition coefficient (Wildman–Crippen LogP) is 2.46. The zero-order valence-electron chi connectivity index (χ0n) is 13.2. The monoisotopic (exact) mass is 303 g/mol. The van der Waals surface area contributed by atoms with Gasteiger partial charge in [-0.25, -0.2) is 5.43 Å². The van der Waals surface area contributed by atoms with Crippen molar-refractivity contribution in [3.8, 4) is 5.75 Å². The fourth-order valence-corrected chi connectivity index (χ4v) is 2.58. The first-order valence-corrected chi connectivity index (χ1v) is 8.06. The van der Waals surface area contributed by atoms with E-state index in [4.69, 9.17) is 4.74 Å². The molecule has 1 aromatic carbocycles. The fourth-order valence-electron chi connectivity index (χ4n) is 2.58. The second-order valence-corrected chi connectivity index (χ2v) is 5.51. The molecule has 2 rings (SSSR count). The summed E-state index contributed by atoms with van der Waals surface area (Å²) in [7, 11) is 0. The first-order chi connectivity index (χ1) is 10.8. The van der Waals surface area contributed by atoms with Crippen LogP contribution in [0.15, 0.2) is 29.4 Å². The average Bonchev–Trinajstić information content (AvgIpc) is 2.56. The van der Waals surface area contributed by atoms with Gasteiger partial charge in [0.2, 0.25) is 0 Å². The molecular formula is C17H25N3O2. The Kier molecular flexibility index (Phi) is 6.90. The van der Waals surface area contributed by atoms with E-state index in [-0.39, 0.29) is 5.91 Å². The quantitative estimate of drug-likeness (QED) is 0.601. The molecule has 0 spiro atoms. The van der Waals surface area contributed by atoms with Crippen LogP contribution < -0.4 is 15.5 Å². The van der Waals surface area contributed by atoms with Crippen molar-refractivity contribution in [1.82, 2.24) is 10.7 Å². The number of nitrogens with one attached hydrogen (secondary N) is 2. The second kappa shape index (κ2) is 9.20. The summed E-state index contributed by atoms with van der Waals surface area (Å²) in [6, 6.07) is 8.06. The van der Waals surface area contributed by atoms with E-state index < -0.39 is 0 Å². The highest BCUT2D eigenvalue weighted by molar-refractivity contribution is 5.83.